The van der Waals surface area contributed by atoms with Crippen molar-refractivity contribution in [3.8, 4) is 0 Å². The molecule has 2 fully saturated rings. The molecular weight excluding hydrogens is 743 g/mol. The summed E-state index contributed by atoms with van der Waals surface area (Å²) >= 11 is 6.00. The average molecular weight is 812 g/mol. The van der Waals surface area contributed by atoms with Crippen LogP contribution in [-0.2, 0) is 19.7 Å². The molecule has 0 amide bonds. The van der Waals surface area contributed by atoms with Gasteiger partial charge in [0.1, 0.15) is 0 Å². The van der Waals surface area contributed by atoms with Gasteiger partial charge >= 0.3 is 39.3 Å². The molecule has 43 heavy (non-hydrogen) atoms. The Hall–Kier alpha value is 1.15. The van der Waals surface area contributed by atoms with E-state index in [0.29, 0.717) is 23.9 Å². The molecule has 2 aliphatic carbocycles. The molecule has 0 N–H and O–H groups in total. The van der Waals surface area contributed by atoms with Crippen molar-refractivity contribution in [1.29, 1.82) is 0 Å². The Kier molecular flexibility index (Phi) is 19.5. The van der Waals surface area contributed by atoms with E-state index in [1.165, 1.54) is 73.7 Å². The zero-order valence-electron chi connectivity index (χ0n) is 30.0. The van der Waals surface area contributed by atoms with E-state index >= 15 is 0 Å². The Balaban J connectivity index is 0.00000295. The summed E-state index contributed by atoms with van der Waals surface area (Å²) in [4.78, 5) is 11.4. The number of nitrogens with zero attached hydrogens (tertiary/aromatic N) is 2. The molecule has 2 rings (SSSR count). The van der Waals surface area contributed by atoms with Crippen LogP contribution < -0.4 is 0 Å². The first-order chi connectivity index (χ1) is 19.8. The van der Waals surface area contributed by atoms with Crippen LogP contribution in [0.3, 0.4) is 0 Å². The SMILES string of the molecule is CC(C)(C)C1CCCCC1N=C(CCCO[Si](C)(C)C)C(CCCO[Si](C)(C)C)=NC1CCCCC1C(C)(C)C.[Br][Ni][Br]. The Morgan fingerprint density at radius 2 is 0.930 bits per heavy atom. The normalized spacial score (nSPS) is 25.0. The molecule has 0 saturated heterocycles. The predicted octanol–water partition coefficient (Wildman–Crippen LogP) is 12.0. The topological polar surface area (TPSA) is 43.2 Å². The summed E-state index contributed by atoms with van der Waals surface area (Å²) in [7, 11) is -1.80. The Bertz CT molecular complexity index is 777. The molecule has 0 spiro atoms. The monoisotopic (exact) mass is 808 g/mol. The summed E-state index contributed by atoms with van der Waals surface area (Å²) in [6, 6.07) is 0.824. The van der Waals surface area contributed by atoms with Crippen LogP contribution in [0, 0.1) is 22.7 Å². The number of hydrogen-bond donors (Lipinski definition) is 0. The van der Waals surface area contributed by atoms with Crippen molar-refractivity contribution < 1.29 is 19.7 Å². The van der Waals surface area contributed by atoms with Crippen molar-refractivity contribution in [2.24, 2.45) is 32.7 Å². The first-order valence-corrected chi connectivity index (χ1v) is 28.7. The summed E-state index contributed by atoms with van der Waals surface area (Å²) in [5.74, 6) is 1.28. The van der Waals surface area contributed by atoms with Crippen LogP contribution in [0.5, 0.6) is 0 Å². The quantitative estimate of drug-likeness (QED) is 0.106. The maximum atomic E-state index is 6.30. The van der Waals surface area contributed by atoms with E-state index in [1.54, 1.807) is 0 Å². The van der Waals surface area contributed by atoms with E-state index in [4.69, 9.17) is 18.8 Å². The first-order valence-electron chi connectivity index (χ1n) is 17.0. The Morgan fingerprint density at radius 1 is 0.628 bits per heavy atom. The second-order valence-corrected chi connectivity index (χ2v) is 31.0. The number of rotatable bonds is 13. The number of halogens is 2. The van der Waals surface area contributed by atoms with Crippen molar-refractivity contribution in [2.45, 2.75) is 170 Å². The minimum atomic E-state index is -1.53. The van der Waals surface area contributed by atoms with Gasteiger partial charge in [-0.15, -0.1) is 0 Å². The molecule has 4 nitrogen and oxygen atoms in total. The minimum absolute atomic E-state index is 0.282. The summed E-state index contributed by atoms with van der Waals surface area (Å²) in [5.41, 5.74) is 3.16. The molecule has 4 atom stereocenters. The molecule has 4 unspecified atom stereocenters. The van der Waals surface area contributed by atoms with Crippen LogP contribution in [0.2, 0.25) is 39.3 Å². The molecule has 0 aliphatic heterocycles. The number of aliphatic imine (C=N–C) groups is 2. The van der Waals surface area contributed by atoms with E-state index in [2.05, 4.69) is 109 Å². The average Bonchev–Trinajstić information content (AvgIpc) is 2.86. The van der Waals surface area contributed by atoms with Gasteiger partial charge in [0.25, 0.3) is 0 Å². The molecule has 0 aromatic carbocycles. The van der Waals surface area contributed by atoms with Crippen LogP contribution in [-0.4, -0.2) is 53.4 Å². The van der Waals surface area contributed by atoms with Crippen molar-refractivity contribution in [1.82, 2.24) is 0 Å². The van der Waals surface area contributed by atoms with Crippen LogP contribution in [0.15, 0.2) is 9.98 Å². The van der Waals surface area contributed by atoms with Gasteiger partial charge in [-0.3, -0.25) is 9.98 Å². The standard InChI is InChI=1S/C34H68N2O2Si2.2BrH.Ni/c1-33(2,3)27-19-13-15-21-29(27)35-31(23-17-25-37-39(7,8)9)32(24-18-26-38-40(10,11)12)36-30-22-16-14-20-28(30)34(4,5)6;;;/h27-30H,13-26H2,1-12H3;2*1H;/q;;;+2/p-2. The molecule has 9 heteroatoms. The molecule has 0 heterocycles. The molecule has 258 valence electrons. The van der Waals surface area contributed by atoms with Gasteiger partial charge < -0.3 is 8.85 Å². The summed E-state index contributed by atoms with van der Waals surface area (Å²) in [6.45, 7) is 29.9. The third-order valence-electron chi connectivity index (χ3n) is 8.85. The molecule has 0 aromatic rings. The first kappa shape index (κ1) is 42.2. The van der Waals surface area contributed by atoms with E-state index in [0.717, 1.165) is 38.9 Å². The summed E-state index contributed by atoms with van der Waals surface area (Å²) < 4.78 is 12.6. The second kappa shape index (κ2) is 19.8. The van der Waals surface area contributed by atoms with Gasteiger partial charge in [-0.05, 0) is 113 Å². The fraction of sp³-hybridized carbons (Fsp3) is 0.941. The van der Waals surface area contributed by atoms with E-state index < -0.39 is 16.6 Å². The van der Waals surface area contributed by atoms with Gasteiger partial charge in [0.05, 0.1) is 23.5 Å². The van der Waals surface area contributed by atoms with E-state index in [1.807, 2.05) is 0 Å². The van der Waals surface area contributed by atoms with Crippen LogP contribution >= 0.6 is 28.5 Å². The Morgan fingerprint density at radius 3 is 1.21 bits per heavy atom. The van der Waals surface area contributed by atoms with Gasteiger partial charge in [0, 0.05) is 13.2 Å². The third-order valence-corrected chi connectivity index (χ3v) is 11.0. The van der Waals surface area contributed by atoms with Crippen molar-refractivity contribution in [2.75, 3.05) is 13.2 Å². The van der Waals surface area contributed by atoms with Crippen LogP contribution in [0.25, 0.3) is 0 Å². The number of hydrogen-bond acceptors (Lipinski definition) is 4. The zero-order chi connectivity index (χ0) is 32.9. The fourth-order valence-electron chi connectivity index (χ4n) is 6.75. The maximum absolute atomic E-state index is 6.30. The van der Waals surface area contributed by atoms with Gasteiger partial charge in [0.2, 0.25) is 0 Å². The van der Waals surface area contributed by atoms with Crippen molar-refractivity contribution in [3.05, 3.63) is 0 Å². The summed E-state index contributed by atoms with van der Waals surface area (Å²) in [5, 5.41) is 0. The Labute approximate surface area is 290 Å². The van der Waals surface area contributed by atoms with E-state index in [9.17, 15) is 0 Å². The molecule has 0 bridgehead atoms. The zero-order valence-corrected chi connectivity index (χ0v) is 36.2. The third kappa shape index (κ3) is 18.3. The molecule has 2 saturated carbocycles. The summed E-state index contributed by atoms with van der Waals surface area (Å²) in [6.07, 6.45) is 14.4. The van der Waals surface area contributed by atoms with Gasteiger partial charge in [-0.2, -0.15) is 0 Å². The molecule has 2 aliphatic rings. The van der Waals surface area contributed by atoms with E-state index in [-0.39, 0.29) is 10.8 Å². The van der Waals surface area contributed by atoms with Gasteiger partial charge in [-0.1, -0.05) is 67.2 Å². The van der Waals surface area contributed by atoms with Crippen LogP contribution in [0.4, 0.5) is 0 Å². The predicted molar refractivity (Wildman–Crippen MR) is 200 cm³/mol. The van der Waals surface area contributed by atoms with Gasteiger partial charge in [0.15, 0.2) is 16.6 Å². The second-order valence-electron chi connectivity index (χ2n) is 17.0. The van der Waals surface area contributed by atoms with Crippen molar-refractivity contribution >= 4 is 56.5 Å². The fourth-order valence-corrected chi connectivity index (χ4v) is 8.27. The molecular formula is C34H68Br2N2NiO2Si2. The molecule has 0 radical (unpaired) electrons. The van der Waals surface area contributed by atoms with Gasteiger partial charge in [-0.25, -0.2) is 0 Å². The molecule has 0 aromatic heterocycles. The van der Waals surface area contributed by atoms with Crippen LogP contribution in [0.1, 0.15) is 119 Å². The van der Waals surface area contributed by atoms with Crippen molar-refractivity contribution in [3.63, 3.8) is 0 Å².